The Morgan fingerprint density at radius 2 is 2.27 bits per heavy atom. The maximum absolute atomic E-state index is 12.0. The Hall–Kier alpha value is -1.99. The molecule has 0 saturated carbocycles. The molecule has 1 N–H and O–H groups in total. The molecular weight excluding hydrogens is 300 g/mol. The largest absolute Gasteiger partial charge is 0.492 e. The Morgan fingerprint density at radius 1 is 1.41 bits per heavy atom. The van der Waals surface area contributed by atoms with Gasteiger partial charge in [0.05, 0.1) is 6.54 Å². The third-order valence-corrected chi connectivity index (χ3v) is 4.24. The van der Waals surface area contributed by atoms with Crippen molar-refractivity contribution in [3.8, 4) is 5.75 Å². The molecule has 116 valence electrons. The molecule has 3 rings (SSSR count). The second-order valence-electron chi connectivity index (χ2n) is 5.18. The second kappa shape index (κ2) is 7.33. The van der Waals surface area contributed by atoms with E-state index in [2.05, 4.69) is 20.4 Å². The lowest BCUT2D eigenvalue weighted by Gasteiger charge is -2.23. The van der Waals surface area contributed by atoms with Gasteiger partial charge < -0.3 is 4.74 Å². The number of anilines is 1. The van der Waals surface area contributed by atoms with Crippen molar-refractivity contribution in [3.63, 3.8) is 0 Å². The molecule has 2 heterocycles. The van der Waals surface area contributed by atoms with Gasteiger partial charge in [-0.05, 0) is 31.5 Å². The molecule has 1 saturated heterocycles. The third kappa shape index (κ3) is 4.02. The zero-order valence-corrected chi connectivity index (χ0v) is 13.0. The number of hydrogen-bond donors (Lipinski definition) is 1. The van der Waals surface area contributed by atoms with Crippen LogP contribution in [0.3, 0.4) is 0 Å². The molecule has 0 aliphatic carbocycles. The smallest absolute Gasteiger partial charge is 0.240 e. The van der Waals surface area contributed by atoms with Crippen molar-refractivity contribution in [2.75, 3.05) is 25.0 Å². The van der Waals surface area contributed by atoms with Crippen LogP contribution in [0, 0.1) is 0 Å². The van der Waals surface area contributed by atoms with E-state index in [1.54, 1.807) is 5.51 Å². The molecule has 6 nitrogen and oxygen atoms in total. The number of likely N-dealkylation sites (tertiary alicyclic amines) is 1. The molecule has 7 heteroatoms. The van der Waals surface area contributed by atoms with E-state index >= 15 is 0 Å². The first kappa shape index (κ1) is 14.9. The second-order valence-corrected chi connectivity index (χ2v) is 6.02. The normalized spacial score (nSPS) is 18.3. The molecule has 1 atom stereocenters. The summed E-state index contributed by atoms with van der Waals surface area (Å²) in [4.78, 5) is 14.2. The quantitative estimate of drug-likeness (QED) is 0.882. The molecule has 1 amide bonds. The van der Waals surface area contributed by atoms with Gasteiger partial charge in [-0.3, -0.25) is 15.0 Å². The Kier molecular flexibility index (Phi) is 4.97. The van der Waals surface area contributed by atoms with E-state index in [9.17, 15) is 4.79 Å². The van der Waals surface area contributed by atoms with Crippen molar-refractivity contribution in [1.82, 2.24) is 15.1 Å². The summed E-state index contributed by atoms with van der Waals surface area (Å²) in [5.74, 6) is 0.816. The monoisotopic (exact) mass is 318 g/mol. The van der Waals surface area contributed by atoms with Gasteiger partial charge in [0.1, 0.15) is 17.9 Å². The van der Waals surface area contributed by atoms with Crippen molar-refractivity contribution in [2.24, 2.45) is 0 Å². The van der Waals surface area contributed by atoms with Gasteiger partial charge in [-0.1, -0.05) is 29.5 Å². The van der Waals surface area contributed by atoms with Crippen molar-refractivity contribution in [2.45, 2.75) is 18.9 Å². The summed E-state index contributed by atoms with van der Waals surface area (Å²) in [6, 6.07) is 10.0. The zero-order valence-electron chi connectivity index (χ0n) is 12.1. The molecule has 1 aromatic carbocycles. The lowest BCUT2D eigenvalue weighted by atomic mass is 10.2. The summed E-state index contributed by atoms with van der Waals surface area (Å²) < 4.78 is 5.81. The summed E-state index contributed by atoms with van der Waals surface area (Å²) in [5, 5.41) is 10.8. The Morgan fingerprint density at radius 3 is 3.05 bits per heavy atom. The average Bonchev–Trinajstić information content (AvgIpc) is 3.18. The molecule has 0 radical (unpaired) electrons. The maximum atomic E-state index is 12.0. The average molecular weight is 318 g/mol. The van der Waals surface area contributed by atoms with Gasteiger partial charge in [0.15, 0.2) is 0 Å². The molecule has 0 spiro atoms. The van der Waals surface area contributed by atoms with Gasteiger partial charge in [0.25, 0.3) is 0 Å². The molecule has 1 aliphatic heterocycles. The van der Waals surface area contributed by atoms with Gasteiger partial charge in [0, 0.05) is 6.04 Å². The van der Waals surface area contributed by atoms with Crippen molar-refractivity contribution in [3.05, 3.63) is 35.8 Å². The van der Waals surface area contributed by atoms with Crippen molar-refractivity contribution in [1.29, 1.82) is 0 Å². The lowest BCUT2D eigenvalue weighted by Crippen LogP contribution is -2.39. The van der Waals surface area contributed by atoms with E-state index in [1.807, 2.05) is 30.3 Å². The highest BCUT2D eigenvalue weighted by atomic mass is 32.1. The lowest BCUT2D eigenvalue weighted by molar-refractivity contribution is -0.117. The molecule has 22 heavy (non-hydrogen) atoms. The Balaban J connectivity index is 1.49. The highest BCUT2D eigenvalue weighted by molar-refractivity contribution is 7.13. The van der Waals surface area contributed by atoms with Gasteiger partial charge in [0.2, 0.25) is 11.0 Å². The fourth-order valence-electron chi connectivity index (χ4n) is 2.57. The zero-order chi connectivity index (χ0) is 15.2. The third-order valence-electron chi connectivity index (χ3n) is 3.64. The minimum absolute atomic E-state index is 0.0524. The number of amides is 1. The van der Waals surface area contributed by atoms with Crippen LogP contribution in [0.25, 0.3) is 0 Å². The first-order chi connectivity index (χ1) is 10.8. The highest BCUT2D eigenvalue weighted by Gasteiger charge is 2.27. The summed E-state index contributed by atoms with van der Waals surface area (Å²) in [6.07, 6.45) is 2.15. The van der Waals surface area contributed by atoms with Crippen LogP contribution < -0.4 is 10.1 Å². The Bertz CT molecular complexity index is 591. The van der Waals surface area contributed by atoms with Crippen molar-refractivity contribution < 1.29 is 9.53 Å². The number of hydrogen-bond acceptors (Lipinski definition) is 6. The van der Waals surface area contributed by atoms with Gasteiger partial charge in [-0.15, -0.1) is 10.2 Å². The van der Waals surface area contributed by atoms with Crippen LogP contribution in [-0.4, -0.2) is 46.7 Å². The van der Waals surface area contributed by atoms with E-state index < -0.39 is 0 Å². The molecule has 0 unspecified atom stereocenters. The number of ether oxygens (including phenoxy) is 1. The van der Waals surface area contributed by atoms with Crippen molar-refractivity contribution >= 4 is 22.4 Å². The van der Waals surface area contributed by atoms with Crippen LogP contribution in [0.4, 0.5) is 5.13 Å². The van der Waals surface area contributed by atoms with E-state index in [0.29, 0.717) is 18.3 Å². The highest BCUT2D eigenvalue weighted by Crippen LogP contribution is 2.19. The summed E-state index contributed by atoms with van der Waals surface area (Å²) in [6.45, 7) is 1.89. The van der Waals surface area contributed by atoms with Gasteiger partial charge >= 0.3 is 0 Å². The molecule has 2 aromatic rings. The maximum Gasteiger partial charge on any atom is 0.240 e. The first-order valence-corrected chi connectivity index (χ1v) is 8.17. The van der Waals surface area contributed by atoms with E-state index in [1.165, 1.54) is 11.3 Å². The number of rotatable bonds is 6. The first-order valence-electron chi connectivity index (χ1n) is 7.29. The van der Waals surface area contributed by atoms with Gasteiger partial charge in [-0.25, -0.2) is 0 Å². The molecular formula is C15H18N4O2S. The number of nitrogens with zero attached hydrogens (tertiary/aromatic N) is 3. The predicted octanol–water partition coefficient (Wildman–Crippen LogP) is 2.02. The molecule has 1 fully saturated rings. The van der Waals surface area contributed by atoms with Crippen LogP contribution in [0.1, 0.15) is 12.8 Å². The van der Waals surface area contributed by atoms with Crippen LogP contribution >= 0.6 is 11.3 Å². The summed E-state index contributed by atoms with van der Waals surface area (Å²) in [7, 11) is 0. The van der Waals surface area contributed by atoms with Crippen LogP contribution in [-0.2, 0) is 4.79 Å². The van der Waals surface area contributed by atoms with Crippen LogP contribution in [0.15, 0.2) is 35.8 Å². The fraction of sp³-hybridized carbons (Fsp3) is 0.400. The van der Waals surface area contributed by atoms with E-state index in [0.717, 1.165) is 25.1 Å². The molecule has 0 bridgehead atoms. The Labute approximate surface area is 133 Å². The minimum atomic E-state index is -0.0524. The summed E-state index contributed by atoms with van der Waals surface area (Å²) in [5.41, 5.74) is 1.60. The summed E-state index contributed by atoms with van der Waals surface area (Å²) >= 11 is 1.32. The minimum Gasteiger partial charge on any atom is -0.492 e. The number of aromatic nitrogens is 2. The SMILES string of the molecule is O=C(CN1CCC[C@H]1COc1ccccc1)Nc1nncs1. The van der Waals surface area contributed by atoms with Crippen LogP contribution in [0.2, 0.25) is 0 Å². The molecule has 1 aliphatic rings. The number of carbonyl (C=O) groups is 1. The number of benzene rings is 1. The van der Waals surface area contributed by atoms with E-state index in [4.69, 9.17) is 4.74 Å². The topological polar surface area (TPSA) is 67.3 Å². The number of nitrogens with one attached hydrogen (secondary N) is 1. The predicted molar refractivity (Wildman–Crippen MR) is 85.1 cm³/mol. The number of carbonyl (C=O) groups excluding carboxylic acids is 1. The van der Waals surface area contributed by atoms with Crippen LogP contribution in [0.5, 0.6) is 5.75 Å². The van der Waals surface area contributed by atoms with Gasteiger partial charge in [-0.2, -0.15) is 0 Å². The molecule has 1 aromatic heterocycles. The fourth-order valence-corrected chi connectivity index (χ4v) is 3.03. The number of para-hydroxylation sites is 1. The van der Waals surface area contributed by atoms with E-state index in [-0.39, 0.29) is 11.9 Å². The standard InChI is InChI=1S/C15H18N4O2S/c20-14(17-15-18-16-11-22-15)9-19-8-4-5-12(19)10-21-13-6-2-1-3-7-13/h1-3,6-7,11-12H,4-5,8-10H2,(H,17,18,20)/t12-/m0/s1.